The van der Waals surface area contributed by atoms with Crippen LogP contribution in [-0.4, -0.2) is 19.9 Å². The molecule has 2 heterocycles. The van der Waals surface area contributed by atoms with Crippen molar-refractivity contribution in [3.63, 3.8) is 0 Å². The van der Waals surface area contributed by atoms with Crippen LogP contribution in [0.15, 0.2) is 83.7 Å². The fourth-order valence-electron chi connectivity index (χ4n) is 4.07. The van der Waals surface area contributed by atoms with Gasteiger partial charge in [0.2, 0.25) is 0 Å². The predicted molar refractivity (Wildman–Crippen MR) is 133 cm³/mol. The third-order valence-corrected chi connectivity index (χ3v) is 6.99. The second kappa shape index (κ2) is 9.19. The summed E-state index contributed by atoms with van der Waals surface area (Å²) >= 11 is 1.25. The van der Waals surface area contributed by atoms with E-state index in [2.05, 4.69) is 4.98 Å². The van der Waals surface area contributed by atoms with E-state index in [4.69, 9.17) is 0 Å². The van der Waals surface area contributed by atoms with E-state index >= 15 is 0 Å². The Balaban J connectivity index is 1.50. The zero-order chi connectivity index (χ0) is 23.7. The van der Waals surface area contributed by atoms with Gasteiger partial charge in [0.1, 0.15) is 5.82 Å². The van der Waals surface area contributed by atoms with Gasteiger partial charge in [0, 0.05) is 6.42 Å². The number of ketones is 1. The molecule has 5 aromatic rings. The van der Waals surface area contributed by atoms with E-state index in [0.29, 0.717) is 40.6 Å². The monoisotopic (exact) mass is 471 g/mol. The SMILES string of the molecule is Cc1nc(-n2c(=O)n(Cc3ccc(F)cc3)c3ccccc32)sc1C(=O)CCc1ccccc1. The van der Waals surface area contributed by atoms with Gasteiger partial charge in [0.15, 0.2) is 10.9 Å². The van der Waals surface area contributed by atoms with Crippen LogP contribution < -0.4 is 5.69 Å². The number of carbonyl (C=O) groups is 1. The van der Waals surface area contributed by atoms with Gasteiger partial charge < -0.3 is 0 Å². The first-order valence-corrected chi connectivity index (χ1v) is 11.8. The van der Waals surface area contributed by atoms with Gasteiger partial charge in [-0.2, -0.15) is 0 Å². The molecule has 5 nitrogen and oxygen atoms in total. The maximum Gasteiger partial charge on any atom is 0.335 e. The Morgan fingerprint density at radius 2 is 1.59 bits per heavy atom. The number of para-hydroxylation sites is 2. The number of Topliss-reactive ketones (excluding diaryl/α,β-unsaturated/α-hetero) is 1. The van der Waals surface area contributed by atoms with Gasteiger partial charge in [-0.15, -0.1) is 0 Å². The zero-order valence-corrected chi connectivity index (χ0v) is 19.4. The molecule has 3 aromatic carbocycles. The van der Waals surface area contributed by atoms with Gasteiger partial charge in [-0.25, -0.2) is 18.7 Å². The van der Waals surface area contributed by atoms with Crippen LogP contribution in [0.3, 0.4) is 0 Å². The summed E-state index contributed by atoms with van der Waals surface area (Å²) in [5, 5.41) is 0.472. The Labute approximate surface area is 199 Å². The molecule has 0 fully saturated rings. The summed E-state index contributed by atoms with van der Waals surface area (Å²) in [5.41, 5.74) is 3.77. The highest BCUT2D eigenvalue weighted by Gasteiger charge is 2.21. The van der Waals surface area contributed by atoms with Crippen LogP contribution in [0.5, 0.6) is 0 Å². The Hall–Kier alpha value is -3.84. The maximum absolute atomic E-state index is 13.5. The molecular weight excluding hydrogens is 449 g/mol. The van der Waals surface area contributed by atoms with Crippen LogP contribution in [0.1, 0.15) is 32.9 Å². The van der Waals surface area contributed by atoms with Crippen molar-refractivity contribution in [2.75, 3.05) is 0 Å². The van der Waals surface area contributed by atoms with E-state index in [9.17, 15) is 14.0 Å². The number of hydrogen-bond acceptors (Lipinski definition) is 4. The van der Waals surface area contributed by atoms with E-state index in [0.717, 1.165) is 16.6 Å². The molecule has 0 bridgehead atoms. The smallest absolute Gasteiger partial charge is 0.293 e. The summed E-state index contributed by atoms with van der Waals surface area (Å²) in [4.78, 5) is 31.6. The normalized spacial score (nSPS) is 11.2. The number of aromatic nitrogens is 3. The molecule has 0 spiro atoms. The van der Waals surface area contributed by atoms with Crippen molar-refractivity contribution in [1.29, 1.82) is 0 Å². The molecule has 0 saturated heterocycles. The van der Waals surface area contributed by atoms with Gasteiger partial charge in [-0.1, -0.05) is 65.9 Å². The van der Waals surface area contributed by atoms with Crippen molar-refractivity contribution >= 4 is 28.2 Å². The van der Waals surface area contributed by atoms with E-state index < -0.39 is 0 Å². The van der Waals surface area contributed by atoms with Crippen molar-refractivity contribution in [3.05, 3.63) is 117 Å². The second-order valence-electron chi connectivity index (χ2n) is 8.14. The molecule has 0 radical (unpaired) electrons. The summed E-state index contributed by atoms with van der Waals surface area (Å²) in [7, 11) is 0. The van der Waals surface area contributed by atoms with Crippen LogP contribution in [0.2, 0.25) is 0 Å². The molecular formula is C27H22FN3O2S. The Kier molecular flexibility index (Phi) is 5.94. The minimum absolute atomic E-state index is 0.0215. The molecule has 0 aliphatic heterocycles. The van der Waals surface area contributed by atoms with Crippen LogP contribution in [0.25, 0.3) is 16.2 Å². The third-order valence-electron chi connectivity index (χ3n) is 5.80. The van der Waals surface area contributed by atoms with E-state index in [-0.39, 0.29) is 17.3 Å². The molecule has 0 unspecified atom stereocenters. The first kappa shape index (κ1) is 22.0. The summed E-state index contributed by atoms with van der Waals surface area (Å²) in [6.45, 7) is 2.11. The first-order valence-electron chi connectivity index (χ1n) is 11.0. The molecule has 34 heavy (non-hydrogen) atoms. The summed E-state index contributed by atoms with van der Waals surface area (Å²) in [6, 6.07) is 23.5. The highest BCUT2D eigenvalue weighted by molar-refractivity contribution is 7.16. The lowest BCUT2D eigenvalue weighted by Gasteiger charge is -2.03. The average molecular weight is 472 g/mol. The van der Waals surface area contributed by atoms with Crippen molar-refractivity contribution in [2.45, 2.75) is 26.3 Å². The number of fused-ring (bicyclic) bond motifs is 1. The molecule has 0 aliphatic rings. The van der Waals surface area contributed by atoms with E-state index in [1.807, 2.05) is 54.6 Å². The summed E-state index contributed by atoms with van der Waals surface area (Å²) in [6.07, 6.45) is 1.04. The van der Waals surface area contributed by atoms with Crippen LogP contribution in [0, 0.1) is 12.7 Å². The Bertz CT molecular complexity index is 1530. The number of rotatable bonds is 7. The van der Waals surface area contributed by atoms with Crippen molar-refractivity contribution in [2.24, 2.45) is 0 Å². The van der Waals surface area contributed by atoms with Gasteiger partial charge in [0.25, 0.3) is 0 Å². The first-order chi connectivity index (χ1) is 16.5. The van der Waals surface area contributed by atoms with E-state index in [1.165, 1.54) is 23.5 Å². The van der Waals surface area contributed by atoms with Gasteiger partial charge in [0.05, 0.1) is 28.1 Å². The number of nitrogens with zero attached hydrogens (tertiary/aromatic N) is 3. The van der Waals surface area contributed by atoms with Gasteiger partial charge in [-0.05, 0) is 48.7 Å². The average Bonchev–Trinajstić information content (AvgIpc) is 3.36. The maximum atomic E-state index is 13.5. The number of hydrogen-bond donors (Lipinski definition) is 0. The zero-order valence-electron chi connectivity index (χ0n) is 18.6. The molecule has 0 amide bonds. The topological polar surface area (TPSA) is 56.9 Å². The molecule has 170 valence electrons. The number of halogens is 1. The third kappa shape index (κ3) is 4.22. The minimum atomic E-state index is -0.318. The van der Waals surface area contributed by atoms with E-state index in [1.54, 1.807) is 28.2 Å². The molecule has 2 aromatic heterocycles. The fourth-order valence-corrected chi connectivity index (χ4v) is 5.11. The quantitative estimate of drug-likeness (QED) is 0.292. The van der Waals surface area contributed by atoms with Gasteiger partial charge >= 0.3 is 5.69 Å². The van der Waals surface area contributed by atoms with Crippen LogP contribution in [0.4, 0.5) is 4.39 Å². The Morgan fingerprint density at radius 3 is 2.32 bits per heavy atom. The highest BCUT2D eigenvalue weighted by atomic mass is 32.1. The lowest BCUT2D eigenvalue weighted by Crippen LogP contribution is -2.23. The highest BCUT2D eigenvalue weighted by Crippen LogP contribution is 2.26. The number of imidazole rings is 1. The molecule has 0 saturated carbocycles. The number of thiazole rings is 1. The molecule has 0 aliphatic carbocycles. The molecule has 0 atom stereocenters. The summed E-state index contributed by atoms with van der Waals surface area (Å²) in [5.74, 6) is -0.297. The van der Waals surface area contributed by atoms with Crippen molar-refractivity contribution < 1.29 is 9.18 Å². The molecule has 0 N–H and O–H groups in total. The number of carbonyl (C=O) groups excluding carboxylic acids is 1. The van der Waals surface area contributed by atoms with Crippen molar-refractivity contribution in [3.8, 4) is 5.13 Å². The Morgan fingerprint density at radius 1 is 0.912 bits per heavy atom. The lowest BCUT2D eigenvalue weighted by atomic mass is 10.1. The standard InChI is InChI=1S/C27H22FN3O2S/c1-18-25(24(32)16-13-19-7-3-2-4-8-19)34-26(29-18)31-23-10-6-5-9-22(23)30(27(31)33)17-20-11-14-21(28)15-12-20/h2-12,14-15H,13,16-17H2,1H3. The fraction of sp³-hybridized carbons (Fsp3) is 0.148. The van der Waals surface area contributed by atoms with Crippen LogP contribution >= 0.6 is 11.3 Å². The predicted octanol–water partition coefficient (Wildman–Crippen LogP) is 5.56. The van der Waals surface area contributed by atoms with Gasteiger partial charge in [-0.3, -0.25) is 9.36 Å². The van der Waals surface area contributed by atoms with Crippen LogP contribution in [-0.2, 0) is 13.0 Å². The lowest BCUT2D eigenvalue weighted by molar-refractivity contribution is 0.0986. The summed E-state index contributed by atoms with van der Waals surface area (Å²) < 4.78 is 16.5. The number of aryl methyl sites for hydroxylation is 2. The van der Waals surface area contributed by atoms with Crippen molar-refractivity contribution in [1.82, 2.24) is 14.1 Å². The number of benzene rings is 3. The molecule has 5 rings (SSSR count). The second-order valence-corrected chi connectivity index (χ2v) is 9.12. The largest absolute Gasteiger partial charge is 0.335 e. The minimum Gasteiger partial charge on any atom is -0.293 e. The molecule has 7 heteroatoms.